The molecule has 0 aliphatic heterocycles. The lowest BCUT2D eigenvalue weighted by atomic mass is 10.1. The van der Waals surface area contributed by atoms with Crippen molar-refractivity contribution in [3.8, 4) is 5.75 Å². The molecule has 25 heavy (non-hydrogen) atoms. The van der Waals surface area contributed by atoms with Crippen molar-refractivity contribution in [1.29, 1.82) is 0 Å². The molecule has 0 atom stereocenters. The van der Waals surface area contributed by atoms with Crippen LogP contribution < -0.4 is 9.64 Å². The number of anilines is 1. The molecular weight excluding hydrogens is 325 g/mol. The van der Waals surface area contributed by atoms with Crippen molar-refractivity contribution >= 4 is 17.1 Å². The van der Waals surface area contributed by atoms with E-state index >= 15 is 0 Å². The molecule has 0 radical (unpaired) electrons. The van der Waals surface area contributed by atoms with E-state index in [1.807, 2.05) is 6.92 Å². The summed E-state index contributed by atoms with van der Waals surface area (Å²) in [6.07, 6.45) is 3.47. The van der Waals surface area contributed by atoms with Crippen molar-refractivity contribution in [2.24, 2.45) is 0 Å². The average molecular weight is 343 g/mol. The van der Waals surface area contributed by atoms with Crippen molar-refractivity contribution in [2.75, 3.05) is 25.9 Å². The molecule has 0 saturated heterocycles. The van der Waals surface area contributed by atoms with Gasteiger partial charge < -0.3 is 9.47 Å². The number of methoxy groups -OCH3 is 2. The summed E-state index contributed by atoms with van der Waals surface area (Å²) in [5.74, 6) is -0.695. The minimum absolute atomic E-state index is 0.0248. The normalized spacial score (nSPS) is 10.9. The van der Waals surface area contributed by atoms with Gasteiger partial charge in [0.1, 0.15) is 6.73 Å². The highest BCUT2D eigenvalue weighted by Crippen LogP contribution is 2.26. The van der Waals surface area contributed by atoms with Crippen LogP contribution >= 0.6 is 0 Å². The minimum atomic E-state index is -0.493. The first-order valence-electron chi connectivity index (χ1n) is 7.63. The number of hydrogen-bond acceptors (Lipinski definition) is 4. The fourth-order valence-electron chi connectivity index (χ4n) is 2.59. The number of rotatable bonds is 5. The van der Waals surface area contributed by atoms with E-state index in [2.05, 4.69) is 5.10 Å². The summed E-state index contributed by atoms with van der Waals surface area (Å²) in [6, 6.07) is 7.69. The topological polar surface area (TPSA) is 56.1 Å². The number of pyridine rings is 1. The molecule has 0 saturated carbocycles. The second kappa shape index (κ2) is 6.90. The highest BCUT2D eigenvalue weighted by Gasteiger charge is 2.20. The number of aromatic nitrogens is 2. The molecule has 3 rings (SSSR count). The Kier molecular flexibility index (Phi) is 4.67. The Bertz CT molecular complexity index is 923. The number of nitrogens with zero attached hydrogens (tertiary/aromatic N) is 3. The Labute approximate surface area is 144 Å². The van der Waals surface area contributed by atoms with Gasteiger partial charge in [-0.25, -0.2) is 8.91 Å². The lowest BCUT2D eigenvalue weighted by Crippen LogP contribution is -2.32. The van der Waals surface area contributed by atoms with E-state index < -0.39 is 5.82 Å². The maximum Gasteiger partial charge on any atom is 0.260 e. The third-order valence-corrected chi connectivity index (χ3v) is 3.91. The first kappa shape index (κ1) is 16.9. The molecule has 0 unspecified atom stereocenters. The lowest BCUT2D eigenvalue weighted by Gasteiger charge is -2.22. The predicted molar refractivity (Wildman–Crippen MR) is 91.6 cm³/mol. The molecule has 0 aliphatic rings. The van der Waals surface area contributed by atoms with Gasteiger partial charge in [0, 0.05) is 24.9 Å². The average Bonchev–Trinajstić information content (AvgIpc) is 3.00. The van der Waals surface area contributed by atoms with Crippen molar-refractivity contribution in [2.45, 2.75) is 6.92 Å². The molecule has 0 N–H and O–H groups in total. The van der Waals surface area contributed by atoms with Crippen LogP contribution in [0.1, 0.15) is 15.9 Å². The van der Waals surface area contributed by atoms with Crippen LogP contribution in [0.25, 0.3) is 5.52 Å². The van der Waals surface area contributed by atoms with Gasteiger partial charge in [-0.1, -0.05) is 0 Å². The molecule has 0 bridgehead atoms. The number of carbonyl (C=O) groups is 1. The van der Waals surface area contributed by atoms with Gasteiger partial charge in [-0.05, 0) is 36.8 Å². The summed E-state index contributed by atoms with van der Waals surface area (Å²) in [6.45, 7) is 1.95. The number of fused-ring (bicyclic) bond motifs is 1. The van der Waals surface area contributed by atoms with Crippen LogP contribution in [0.4, 0.5) is 10.1 Å². The summed E-state index contributed by atoms with van der Waals surface area (Å²) >= 11 is 0. The smallest absolute Gasteiger partial charge is 0.260 e. The van der Waals surface area contributed by atoms with Crippen LogP contribution in [-0.2, 0) is 4.74 Å². The predicted octanol–water partition coefficient (Wildman–Crippen LogP) is 3.04. The summed E-state index contributed by atoms with van der Waals surface area (Å²) in [5.41, 5.74) is 2.78. The zero-order valence-electron chi connectivity index (χ0n) is 14.2. The first-order chi connectivity index (χ1) is 12.0. The summed E-state index contributed by atoms with van der Waals surface area (Å²) in [4.78, 5) is 14.4. The van der Waals surface area contributed by atoms with Crippen LogP contribution in [-0.4, -0.2) is 36.5 Å². The van der Waals surface area contributed by atoms with Crippen molar-refractivity contribution in [3.05, 3.63) is 59.7 Å². The monoisotopic (exact) mass is 343 g/mol. The number of amides is 1. The number of carbonyl (C=O) groups excluding carboxylic acids is 1. The minimum Gasteiger partial charge on any atom is -0.494 e. The quantitative estimate of drug-likeness (QED) is 0.668. The fourth-order valence-corrected chi connectivity index (χ4v) is 2.59. The van der Waals surface area contributed by atoms with Gasteiger partial charge in [0.05, 0.1) is 24.5 Å². The Morgan fingerprint density at radius 2 is 2.08 bits per heavy atom. The zero-order chi connectivity index (χ0) is 18.0. The van der Waals surface area contributed by atoms with Crippen LogP contribution in [0, 0.1) is 12.7 Å². The van der Waals surface area contributed by atoms with Crippen LogP contribution in [0.3, 0.4) is 0 Å². The highest BCUT2D eigenvalue weighted by atomic mass is 19.1. The molecule has 6 nitrogen and oxygen atoms in total. The van der Waals surface area contributed by atoms with Crippen molar-refractivity contribution < 1.29 is 18.7 Å². The SMILES string of the molecule is COCN(C(=O)c1ccn2ncc(C)c2c1)c1ccc(F)c(OC)c1. The summed E-state index contributed by atoms with van der Waals surface area (Å²) in [5, 5.41) is 4.20. The summed E-state index contributed by atoms with van der Waals surface area (Å²) in [7, 11) is 2.87. The van der Waals surface area contributed by atoms with E-state index in [0.29, 0.717) is 11.3 Å². The van der Waals surface area contributed by atoms with E-state index in [1.165, 1.54) is 37.3 Å². The number of halogens is 1. The van der Waals surface area contributed by atoms with E-state index in [1.54, 1.807) is 29.0 Å². The molecule has 2 heterocycles. The van der Waals surface area contributed by atoms with Crippen LogP contribution in [0.15, 0.2) is 42.7 Å². The van der Waals surface area contributed by atoms with E-state index in [-0.39, 0.29) is 18.4 Å². The highest BCUT2D eigenvalue weighted by molar-refractivity contribution is 6.06. The molecule has 1 aromatic carbocycles. The molecule has 1 amide bonds. The molecule has 130 valence electrons. The third-order valence-electron chi connectivity index (χ3n) is 3.91. The van der Waals surface area contributed by atoms with Crippen molar-refractivity contribution in [3.63, 3.8) is 0 Å². The van der Waals surface area contributed by atoms with E-state index in [9.17, 15) is 9.18 Å². The van der Waals surface area contributed by atoms with Gasteiger partial charge in [-0.3, -0.25) is 9.69 Å². The Hall–Kier alpha value is -2.93. The number of benzene rings is 1. The number of ether oxygens (including phenoxy) is 2. The van der Waals surface area contributed by atoms with Gasteiger partial charge >= 0.3 is 0 Å². The van der Waals surface area contributed by atoms with Crippen LogP contribution in [0.2, 0.25) is 0 Å². The Balaban J connectivity index is 2.01. The second-order valence-electron chi connectivity index (χ2n) is 5.54. The van der Waals surface area contributed by atoms with Crippen LogP contribution in [0.5, 0.6) is 5.75 Å². The maximum absolute atomic E-state index is 13.7. The fraction of sp³-hybridized carbons (Fsp3) is 0.222. The molecule has 0 spiro atoms. The first-order valence-corrected chi connectivity index (χ1v) is 7.63. The van der Waals surface area contributed by atoms with Gasteiger partial charge in [-0.15, -0.1) is 0 Å². The standard InChI is InChI=1S/C18H18FN3O3/c1-12-10-20-22-7-6-13(8-16(12)22)18(23)21(11-24-2)14-4-5-15(19)17(9-14)25-3/h4-10H,11H2,1-3H3. The third kappa shape index (κ3) is 3.18. The van der Waals surface area contributed by atoms with Crippen molar-refractivity contribution in [1.82, 2.24) is 9.61 Å². The van der Waals surface area contributed by atoms with E-state index in [4.69, 9.17) is 9.47 Å². The van der Waals surface area contributed by atoms with Gasteiger partial charge in [-0.2, -0.15) is 5.10 Å². The van der Waals surface area contributed by atoms with Gasteiger partial charge in [0.2, 0.25) is 0 Å². The molecular formula is C18H18FN3O3. The molecule has 0 aliphatic carbocycles. The molecule has 7 heteroatoms. The number of aryl methyl sites for hydroxylation is 1. The molecule has 0 fully saturated rings. The largest absolute Gasteiger partial charge is 0.494 e. The Morgan fingerprint density at radius 3 is 2.80 bits per heavy atom. The van der Waals surface area contributed by atoms with Gasteiger partial charge in [0.15, 0.2) is 11.6 Å². The lowest BCUT2D eigenvalue weighted by molar-refractivity contribution is 0.0936. The molecule has 3 aromatic rings. The maximum atomic E-state index is 13.7. The summed E-state index contributed by atoms with van der Waals surface area (Å²) < 4.78 is 25.5. The number of hydrogen-bond donors (Lipinski definition) is 0. The second-order valence-corrected chi connectivity index (χ2v) is 5.54. The molecule has 2 aromatic heterocycles. The van der Waals surface area contributed by atoms with E-state index in [0.717, 1.165) is 11.1 Å². The Morgan fingerprint density at radius 1 is 1.28 bits per heavy atom. The zero-order valence-corrected chi connectivity index (χ0v) is 14.2. The van der Waals surface area contributed by atoms with Gasteiger partial charge in [0.25, 0.3) is 5.91 Å².